The molecule has 0 aliphatic carbocycles. The van der Waals surface area contributed by atoms with Crippen LogP contribution in [0.15, 0.2) is 77.7 Å². The molecule has 0 spiro atoms. The highest BCUT2D eigenvalue weighted by Gasteiger charge is 2.28. The lowest BCUT2D eigenvalue weighted by Gasteiger charge is -2.26. The molecule has 0 aromatic heterocycles. The molecule has 0 heterocycles. The van der Waals surface area contributed by atoms with Gasteiger partial charge in [0.15, 0.2) is 0 Å². The molecule has 0 bridgehead atoms. The first-order chi connectivity index (χ1) is 16.3. The van der Waals surface area contributed by atoms with Crippen LogP contribution in [0.3, 0.4) is 0 Å². The molecular weight excluding hydrogens is 448 g/mol. The Morgan fingerprint density at radius 1 is 1.00 bits per heavy atom. The highest BCUT2D eigenvalue weighted by atomic mass is 32.2. The van der Waals surface area contributed by atoms with Crippen LogP contribution in [0.4, 0.5) is 5.69 Å². The first-order valence-corrected chi connectivity index (χ1v) is 12.8. The van der Waals surface area contributed by atoms with Crippen LogP contribution in [0.1, 0.15) is 43.0 Å². The van der Waals surface area contributed by atoms with Crippen molar-refractivity contribution in [3.8, 4) is 5.75 Å². The van der Waals surface area contributed by atoms with Crippen LogP contribution in [-0.2, 0) is 21.2 Å². The van der Waals surface area contributed by atoms with Crippen molar-refractivity contribution in [2.45, 2.75) is 44.6 Å². The number of methoxy groups -OCH3 is 1. The summed E-state index contributed by atoms with van der Waals surface area (Å²) in [6.45, 7) is 5.64. The van der Waals surface area contributed by atoms with E-state index >= 15 is 0 Å². The number of anilines is 1. The van der Waals surface area contributed by atoms with E-state index in [1.807, 2.05) is 51.1 Å². The number of ether oxygens (including phenoxy) is 1. The Hall–Kier alpha value is -3.32. The normalized spacial score (nSPS) is 12.1. The standard InChI is InChI=1S/C27H32N2O4S/c1-5-21-12-15-23(16-13-21)29(34(31,32)24-10-8-7-9-11-24)19-27(30)28-25(6-2)22-14-17-26(33-4)20(3)18-22/h7-18,25H,5-6,19H2,1-4H3,(H,28,30). The van der Waals surface area contributed by atoms with Crippen molar-refractivity contribution in [3.05, 3.63) is 89.5 Å². The topological polar surface area (TPSA) is 75.7 Å². The molecule has 3 aromatic rings. The third-order valence-corrected chi connectivity index (χ3v) is 7.60. The van der Waals surface area contributed by atoms with Crippen LogP contribution in [-0.4, -0.2) is 28.0 Å². The molecule has 0 aliphatic heterocycles. The molecule has 1 N–H and O–H groups in total. The molecule has 3 aromatic carbocycles. The Morgan fingerprint density at radius 2 is 1.68 bits per heavy atom. The molecular formula is C27H32N2O4S. The lowest BCUT2D eigenvalue weighted by molar-refractivity contribution is -0.120. The minimum atomic E-state index is -3.94. The Labute approximate surface area is 202 Å². The quantitative estimate of drug-likeness (QED) is 0.442. The summed E-state index contributed by atoms with van der Waals surface area (Å²) in [5, 5.41) is 3.01. The summed E-state index contributed by atoms with van der Waals surface area (Å²) < 4.78 is 33.5. The van der Waals surface area contributed by atoms with Gasteiger partial charge in [-0.3, -0.25) is 9.10 Å². The van der Waals surface area contributed by atoms with Crippen LogP contribution in [0, 0.1) is 6.92 Å². The zero-order valence-electron chi connectivity index (χ0n) is 20.1. The SMILES string of the molecule is CCc1ccc(N(CC(=O)NC(CC)c2ccc(OC)c(C)c2)S(=O)(=O)c2ccccc2)cc1. The molecule has 3 rings (SSSR count). The number of amides is 1. The maximum Gasteiger partial charge on any atom is 0.264 e. The van der Waals surface area contributed by atoms with Gasteiger partial charge in [0.05, 0.1) is 23.7 Å². The van der Waals surface area contributed by atoms with Gasteiger partial charge in [0.1, 0.15) is 12.3 Å². The number of sulfonamides is 1. The Kier molecular flexibility index (Phi) is 8.34. The van der Waals surface area contributed by atoms with Gasteiger partial charge in [-0.25, -0.2) is 8.42 Å². The van der Waals surface area contributed by atoms with Crippen molar-refractivity contribution in [1.82, 2.24) is 5.32 Å². The molecule has 1 amide bonds. The van der Waals surface area contributed by atoms with Gasteiger partial charge in [-0.2, -0.15) is 0 Å². The van der Waals surface area contributed by atoms with E-state index in [9.17, 15) is 13.2 Å². The first kappa shape index (κ1) is 25.3. The molecule has 0 radical (unpaired) electrons. The Bertz CT molecular complexity index is 1210. The molecule has 1 atom stereocenters. The Balaban J connectivity index is 1.89. The molecule has 0 saturated heterocycles. The summed E-state index contributed by atoms with van der Waals surface area (Å²) >= 11 is 0. The van der Waals surface area contributed by atoms with E-state index in [0.29, 0.717) is 12.1 Å². The monoisotopic (exact) mass is 480 g/mol. The molecule has 180 valence electrons. The number of benzene rings is 3. The largest absolute Gasteiger partial charge is 0.496 e. The smallest absolute Gasteiger partial charge is 0.264 e. The van der Waals surface area contributed by atoms with Crippen LogP contribution in [0.25, 0.3) is 0 Å². The zero-order chi connectivity index (χ0) is 24.7. The van der Waals surface area contributed by atoms with E-state index < -0.39 is 10.0 Å². The van der Waals surface area contributed by atoms with Crippen LogP contribution in [0.2, 0.25) is 0 Å². The highest BCUT2D eigenvalue weighted by molar-refractivity contribution is 7.92. The van der Waals surface area contributed by atoms with Gasteiger partial charge in [0, 0.05) is 0 Å². The fraction of sp³-hybridized carbons (Fsp3) is 0.296. The summed E-state index contributed by atoms with van der Waals surface area (Å²) in [7, 11) is -2.31. The fourth-order valence-electron chi connectivity index (χ4n) is 3.84. The van der Waals surface area contributed by atoms with E-state index in [-0.39, 0.29) is 23.4 Å². The minimum absolute atomic E-state index is 0.139. The van der Waals surface area contributed by atoms with E-state index in [1.165, 1.54) is 16.4 Å². The third kappa shape index (κ3) is 5.78. The summed E-state index contributed by atoms with van der Waals surface area (Å²) in [4.78, 5) is 13.3. The molecule has 0 fully saturated rings. The number of hydrogen-bond donors (Lipinski definition) is 1. The first-order valence-electron chi connectivity index (χ1n) is 11.4. The molecule has 34 heavy (non-hydrogen) atoms. The van der Waals surface area contributed by atoms with Crippen molar-refractivity contribution in [2.24, 2.45) is 0 Å². The number of nitrogens with zero attached hydrogens (tertiary/aromatic N) is 1. The second kappa shape index (κ2) is 11.2. The maximum atomic E-state index is 13.5. The average Bonchev–Trinajstić information content (AvgIpc) is 2.86. The number of nitrogens with one attached hydrogen (secondary N) is 1. The van der Waals surface area contributed by atoms with Crippen LogP contribution in [0.5, 0.6) is 5.75 Å². The number of carbonyl (C=O) groups excluding carboxylic acids is 1. The van der Waals surface area contributed by atoms with Gasteiger partial charge < -0.3 is 10.1 Å². The van der Waals surface area contributed by atoms with Crippen molar-refractivity contribution < 1.29 is 17.9 Å². The molecule has 7 heteroatoms. The van der Waals surface area contributed by atoms with Crippen molar-refractivity contribution in [1.29, 1.82) is 0 Å². The highest BCUT2D eigenvalue weighted by Crippen LogP contribution is 2.26. The third-order valence-electron chi connectivity index (χ3n) is 5.82. The summed E-state index contributed by atoms with van der Waals surface area (Å²) in [5.74, 6) is 0.403. The lowest BCUT2D eigenvalue weighted by Crippen LogP contribution is -2.42. The van der Waals surface area contributed by atoms with Crippen LogP contribution >= 0.6 is 0 Å². The van der Waals surface area contributed by atoms with E-state index in [2.05, 4.69) is 5.32 Å². The van der Waals surface area contributed by atoms with E-state index in [4.69, 9.17) is 4.74 Å². The number of hydrogen-bond acceptors (Lipinski definition) is 4. The molecule has 1 unspecified atom stereocenters. The van der Waals surface area contributed by atoms with Gasteiger partial charge in [-0.1, -0.05) is 56.3 Å². The second-order valence-electron chi connectivity index (χ2n) is 8.10. The van der Waals surface area contributed by atoms with Gasteiger partial charge in [0.25, 0.3) is 10.0 Å². The number of aryl methyl sites for hydroxylation is 2. The van der Waals surface area contributed by atoms with Crippen molar-refractivity contribution >= 4 is 21.6 Å². The molecule has 6 nitrogen and oxygen atoms in total. The fourth-order valence-corrected chi connectivity index (χ4v) is 5.28. The van der Waals surface area contributed by atoms with Crippen LogP contribution < -0.4 is 14.4 Å². The summed E-state index contributed by atoms with van der Waals surface area (Å²) in [5.41, 5.74) is 3.45. The van der Waals surface area contributed by atoms with E-state index in [1.54, 1.807) is 37.4 Å². The summed E-state index contributed by atoms with van der Waals surface area (Å²) in [6.07, 6.45) is 1.50. The second-order valence-corrected chi connectivity index (χ2v) is 9.96. The van der Waals surface area contributed by atoms with Gasteiger partial charge in [-0.05, 0) is 66.8 Å². The maximum absolute atomic E-state index is 13.5. The van der Waals surface area contributed by atoms with E-state index in [0.717, 1.165) is 28.9 Å². The molecule has 0 saturated carbocycles. The number of carbonyl (C=O) groups is 1. The molecule has 0 aliphatic rings. The minimum Gasteiger partial charge on any atom is -0.496 e. The number of rotatable bonds is 10. The van der Waals surface area contributed by atoms with Gasteiger partial charge >= 0.3 is 0 Å². The van der Waals surface area contributed by atoms with Crippen molar-refractivity contribution in [3.63, 3.8) is 0 Å². The lowest BCUT2D eigenvalue weighted by atomic mass is 10.0. The Morgan fingerprint density at radius 3 is 2.24 bits per heavy atom. The van der Waals surface area contributed by atoms with Gasteiger partial charge in [-0.15, -0.1) is 0 Å². The van der Waals surface area contributed by atoms with Crippen molar-refractivity contribution in [2.75, 3.05) is 18.0 Å². The predicted octanol–water partition coefficient (Wildman–Crippen LogP) is 5.03. The summed E-state index contributed by atoms with van der Waals surface area (Å²) in [6, 6.07) is 21.0. The zero-order valence-corrected chi connectivity index (χ0v) is 20.9. The average molecular weight is 481 g/mol. The van der Waals surface area contributed by atoms with Gasteiger partial charge in [0.2, 0.25) is 5.91 Å². The predicted molar refractivity (Wildman–Crippen MR) is 136 cm³/mol.